The standard InChI is InChI=1S/C33H32N8O4S/c1-20(2)14-23-16-29(41(39-23)25-7-10-27-22(15-25)11-13-44-27)38-31(43)37-24-17-34-32(35-18-24)45-26-8-5-21(6-9-26)28-19-36-33(46-28)40-12-3-4-30(40)42/h5-10,15-20H,3-4,11-14H2,1-2H3,(H2,37,38,43). The van der Waals surface area contributed by atoms with Crippen molar-refractivity contribution in [2.45, 2.75) is 39.5 Å². The van der Waals surface area contributed by atoms with Crippen molar-refractivity contribution < 1.29 is 19.1 Å². The number of hydrogen-bond acceptors (Lipinski definition) is 9. The minimum Gasteiger partial charge on any atom is -0.493 e. The predicted octanol–water partition coefficient (Wildman–Crippen LogP) is 6.48. The minimum absolute atomic E-state index is 0.122. The maximum absolute atomic E-state index is 13.0. The first kappa shape index (κ1) is 29.4. The van der Waals surface area contributed by atoms with Gasteiger partial charge in [0.1, 0.15) is 17.3 Å². The zero-order valence-electron chi connectivity index (χ0n) is 25.4. The van der Waals surface area contributed by atoms with Gasteiger partial charge in [0.25, 0.3) is 0 Å². The van der Waals surface area contributed by atoms with Crippen LogP contribution in [-0.2, 0) is 17.6 Å². The first-order valence-corrected chi connectivity index (χ1v) is 16.0. The van der Waals surface area contributed by atoms with E-state index in [9.17, 15) is 9.59 Å². The molecule has 1 fully saturated rings. The third kappa shape index (κ3) is 6.40. The van der Waals surface area contributed by atoms with E-state index < -0.39 is 6.03 Å². The third-order valence-electron chi connectivity index (χ3n) is 7.57. The maximum atomic E-state index is 13.0. The quantitative estimate of drug-likeness (QED) is 0.188. The number of nitrogens with one attached hydrogen (secondary N) is 2. The summed E-state index contributed by atoms with van der Waals surface area (Å²) in [6.07, 6.45) is 7.81. The van der Waals surface area contributed by atoms with Gasteiger partial charge in [-0.2, -0.15) is 5.10 Å². The highest BCUT2D eigenvalue weighted by molar-refractivity contribution is 7.19. The second-order valence-electron chi connectivity index (χ2n) is 11.5. The van der Waals surface area contributed by atoms with Crippen LogP contribution in [-0.4, -0.2) is 49.8 Å². The van der Waals surface area contributed by atoms with Gasteiger partial charge in [-0.05, 0) is 72.4 Å². The largest absolute Gasteiger partial charge is 0.493 e. The summed E-state index contributed by atoms with van der Waals surface area (Å²) in [5.74, 6) is 2.53. The molecule has 0 atom stereocenters. The van der Waals surface area contributed by atoms with E-state index in [-0.39, 0.29) is 11.9 Å². The van der Waals surface area contributed by atoms with Crippen molar-refractivity contribution >= 4 is 39.9 Å². The Bertz CT molecular complexity index is 1880. The average Bonchev–Trinajstić information content (AvgIpc) is 3.85. The number of carbonyl (C=O) groups excluding carboxylic acids is 2. The van der Waals surface area contributed by atoms with Crippen LogP contribution in [0.1, 0.15) is 37.9 Å². The van der Waals surface area contributed by atoms with E-state index in [1.54, 1.807) is 15.8 Å². The molecular weight excluding hydrogens is 604 g/mol. The molecule has 1 saturated heterocycles. The molecule has 2 N–H and O–H groups in total. The van der Waals surface area contributed by atoms with Crippen LogP contribution < -0.4 is 25.0 Å². The van der Waals surface area contributed by atoms with Gasteiger partial charge >= 0.3 is 12.0 Å². The molecule has 0 bridgehead atoms. The molecule has 7 rings (SSSR count). The van der Waals surface area contributed by atoms with E-state index in [2.05, 4.69) is 39.4 Å². The monoisotopic (exact) mass is 636 g/mol. The molecule has 3 amide bonds. The molecule has 234 valence electrons. The number of rotatable bonds is 9. The number of urea groups is 1. The van der Waals surface area contributed by atoms with E-state index in [1.807, 2.05) is 48.5 Å². The molecular formula is C33H32N8O4S. The van der Waals surface area contributed by atoms with Crippen molar-refractivity contribution in [3.63, 3.8) is 0 Å². The number of ether oxygens (including phenoxy) is 2. The fourth-order valence-electron chi connectivity index (χ4n) is 5.42. The summed E-state index contributed by atoms with van der Waals surface area (Å²) in [6.45, 7) is 5.65. The van der Waals surface area contributed by atoms with Gasteiger partial charge in [0.05, 0.1) is 40.9 Å². The van der Waals surface area contributed by atoms with Crippen molar-refractivity contribution in [1.29, 1.82) is 0 Å². The zero-order chi connectivity index (χ0) is 31.6. The Hall–Kier alpha value is -5.30. The third-order valence-corrected chi connectivity index (χ3v) is 8.64. The van der Waals surface area contributed by atoms with Gasteiger partial charge in [0.15, 0.2) is 5.13 Å². The molecule has 0 radical (unpaired) electrons. The summed E-state index contributed by atoms with van der Waals surface area (Å²) in [5, 5.41) is 11.2. The molecule has 5 heterocycles. The Morgan fingerprint density at radius 2 is 1.85 bits per heavy atom. The number of carbonyl (C=O) groups is 2. The van der Waals surface area contributed by atoms with Crippen LogP contribution in [0.25, 0.3) is 16.1 Å². The maximum Gasteiger partial charge on any atom is 0.324 e. The van der Waals surface area contributed by atoms with Gasteiger partial charge in [0.2, 0.25) is 5.91 Å². The first-order valence-electron chi connectivity index (χ1n) is 15.2. The highest BCUT2D eigenvalue weighted by Gasteiger charge is 2.24. The number of thiazole rings is 1. The van der Waals surface area contributed by atoms with E-state index in [1.165, 1.54) is 23.7 Å². The first-order chi connectivity index (χ1) is 22.4. The van der Waals surface area contributed by atoms with E-state index in [0.717, 1.165) is 57.5 Å². The predicted molar refractivity (Wildman–Crippen MR) is 175 cm³/mol. The second kappa shape index (κ2) is 12.6. The summed E-state index contributed by atoms with van der Waals surface area (Å²) in [4.78, 5) is 40.7. The molecule has 0 unspecified atom stereocenters. The molecule has 0 saturated carbocycles. The van der Waals surface area contributed by atoms with Crippen LogP contribution in [0.2, 0.25) is 0 Å². The van der Waals surface area contributed by atoms with Crippen LogP contribution in [0, 0.1) is 5.92 Å². The molecule has 46 heavy (non-hydrogen) atoms. The van der Waals surface area contributed by atoms with Crippen LogP contribution >= 0.6 is 11.3 Å². The smallest absolute Gasteiger partial charge is 0.324 e. The van der Waals surface area contributed by atoms with Gasteiger partial charge in [-0.3, -0.25) is 15.0 Å². The molecule has 2 aliphatic rings. The fraction of sp³-hybridized carbons (Fsp3) is 0.273. The number of benzene rings is 2. The Kier molecular flexibility index (Phi) is 8.06. The number of aromatic nitrogens is 5. The number of fused-ring (bicyclic) bond motifs is 1. The number of nitrogens with zero attached hydrogens (tertiary/aromatic N) is 6. The van der Waals surface area contributed by atoms with E-state index >= 15 is 0 Å². The molecule has 13 heteroatoms. The van der Waals surface area contributed by atoms with Gasteiger partial charge in [-0.15, -0.1) is 0 Å². The minimum atomic E-state index is -0.449. The summed E-state index contributed by atoms with van der Waals surface area (Å²) in [7, 11) is 0. The number of hydrogen-bond donors (Lipinski definition) is 2. The highest BCUT2D eigenvalue weighted by atomic mass is 32.1. The molecule has 5 aromatic rings. The van der Waals surface area contributed by atoms with Crippen molar-refractivity contribution in [3.8, 4) is 33.6 Å². The van der Waals surface area contributed by atoms with Crippen molar-refractivity contribution in [1.82, 2.24) is 24.7 Å². The van der Waals surface area contributed by atoms with Crippen LogP contribution in [0.15, 0.2) is 67.1 Å². The second-order valence-corrected chi connectivity index (χ2v) is 12.5. The van der Waals surface area contributed by atoms with Crippen molar-refractivity contribution in [2.24, 2.45) is 5.92 Å². The number of amides is 3. The van der Waals surface area contributed by atoms with Gasteiger partial charge in [0, 0.05) is 31.6 Å². The van der Waals surface area contributed by atoms with Crippen molar-refractivity contribution in [2.75, 3.05) is 28.7 Å². The molecule has 12 nitrogen and oxygen atoms in total. The topological polar surface area (TPSA) is 136 Å². The lowest BCUT2D eigenvalue weighted by atomic mass is 10.1. The van der Waals surface area contributed by atoms with Gasteiger partial charge in [-0.1, -0.05) is 25.2 Å². The lowest BCUT2D eigenvalue weighted by Gasteiger charge is -2.11. The van der Waals surface area contributed by atoms with Crippen LogP contribution in [0.4, 0.5) is 21.4 Å². The summed E-state index contributed by atoms with van der Waals surface area (Å²) < 4.78 is 13.2. The Balaban J connectivity index is 0.982. The lowest BCUT2D eigenvalue weighted by molar-refractivity contribution is -0.117. The van der Waals surface area contributed by atoms with Gasteiger partial charge in [-0.25, -0.2) is 24.4 Å². The lowest BCUT2D eigenvalue weighted by Crippen LogP contribution is -2.23. The Morgan fingerprint density at radius 3 is 2.61 bits per heavy atom. The summed E-state index contributed by atoms with van der Waals surface area (Å²) in [6, 6.07) is 15.0. The van der Waals surface area contributed by atoms with E-state index in [4.69, 9.17) is 14.6 Å². The zero-order valence-corrected chi connectivity index (χ0v) is 26.2. The summed E-state index contributed by atoms with van der Waals surface area (Å²) >= 11 is 1.49. The SMILES string of the molecule is CC(C)Cc1cc(NC(=O)Nc2cnc(Oc3ccc(-c4cnc(N5CCCC5=O)s4)cc3)nc2)n(-c2ccc3c(c2)CCO3)n1. The fourth-order valence-corrected chi connectivity index (χ4v) is 6.38. The van der Waals surface area contributed by atoms with Crippen LogP contribution in [0.3, 0.4) is 0 Å². The molecule has 2 aromatic carbocycles. The molecule has 2 aliphatic heterocycles. The Labute approximate surface area is 269 Å². The summed E-state index contributed by atoms with van der Waals surface area (Å²) in [5.41, 5.74) is 4.23. The number of anilines is 3. The highest BCUT2D eigenvalue weighted by Crippen LogP contribution is 2.34. The molecule has 0 aliphatic carbocycles. The van der Waals surface area contributed by atoms with E-state index in [0.29, 0.717) is 42.7 Å². The Morgan fingerprint density at radius 1 is 1.02 bits per heavy atom. The van der Waals surface area contributed by atoms with Gasteiger partial charge < -0.3 is 14.8 Å². The average molecular weight is 637 g/mol. The van der Waals surface area contributed by atoms with Crippen molar-refractivity contribution in [3.05, 3.63) is 78.4 Å². The molecule has 0 spiro atoms. The normalized spacial score (nSPS) is 14.0. The van der Waals surface area contributed by atoms with Crippen LogP contribution in [0.5, 0.6) is 17.5 Å². The molecule has 3 aromatic heterocycles.